The molecule has 1 fully saturated rings. The molecule has 1 aliphatic rings. The summed E-state index contributed by atoms with van der Waals surface area (Å²) in [5, 5.41) is 0. The van der Waals surface area contributed by atoms with Gasteiger partial charge in [-0.25, -0.2) is 0 Å². The van der Waals surface area contributed by atoms with Gasteiger partial charge in [-0.1, -0.05) is 6.07 Å². The molecule has 1 saturated heterocycles. The normalized spacial score (nSPS) is 20.9. The summed E-state index contributed by atoms with van der Waals surface area (Å²) in [4.78, 5) is 6.11. The zero-order valence-electron chi connectivity index (χ0n) is 5.82. The molecule has 2 heterocycles. The SMILES string of the molecule is [Cl][Pt]1([Cl])[CH2][CH2]1.c1ccncc1. The Bertz CT molecular complexity index is 170. The first kappa shape index (κ1) is 9.51. The van der Waals surface area contributed by atoms with Crippen LogP contribution >= 0.6 is 18.8 Å². The smallest absolute Gasteiger partial charge is 0.0267 e. The van der Waals surface area contributed by atoms with E-state index < -0.39 is 14.0 Å². The Morgan fingerprint density at radius 1 is 1.00 bits per heavy atom. The maximum absolute atomic E-state index is 5.59. The molecule has 0 amide bonds. The Balaban J connectivity index is 0.000000112. The molecule has 0 aliphatic carbocycles. The van der Waals surface area contributed by atoms with Gasteiger partial charge in [-0.3, -0.25) is 4.98 Å². The maximum Gasteiger partial charge on any atom is 0.0267 e. The second kappa shape index (κ2) is 4.45. The van der Waals surface area contributed by atoms with Crippen LogP contribution in [0, 0.1) is 0 Å². The van der Waals surface area contributed by atoms with Crippen LogP contribution in [-0.4, -0.2) is 4.98 Å². The molecule has 0 spiro atoms. The Hall–Kier alpha value is 0.418. The summed E-state index contributed by atoms with van der Waals surface area (Å²) in [5.74, 6) is 0. The fraction of sp³-hybridized carbons (Fsp3) is 0.286. The molecule has 0 aromatic carbocycles. The summed E-state index contributed by atoms with van der Waals surface area (Å²) in [6.45, 7) is 0. The van der Waals surface area contributed by atoms with Crippen LogP contribution in [0.15, 0.2) is 30.6 Å². The minimum atomic E-state index is -1.75. The molecule has 0 N–H and O–H groups in total. The standard InChI is InChI=1S/C5H5N.C2H4.2ClH.Pt/c1-2-4-6-5-3-1;1-2;;;/h1-5H;1-2H2;2*1H;/q;;;;+2/p-2. The van der Waals surface area contributed by atoms with Crippen LogP contribution in [0.3, 0.4) is 0 Å². The molecule has 0 saturated carbocycles. The molecule has 1 nitrogen and oxygen atoms in total. The summed E-state index contributed by atoms with van der Waals surface area (Å²) in [6.07, 6.45) is 3.50. The summed E-state index contributed by atoms with van der Waals surface area (Å²) >= 11 is -1.75. The van der Waals surface area contributed by atoms with E-state index in [2.05, 4.69) is 4.98 Å². The third-order valence-electron chi connectivity index (χ3n) is 0.964. The van der Waals surface area contributed by atoms with E-state index in [0.717, 1.165) is 9.62 Å². The molecule has 1 aliphatic heterocycles. The monoisotopic (exact) mass is 372 g/mol. The van der Waals surface area contributed by atoms with Crippen molar-refractivity contribution in [3.63, 3.8) is 0 Å². The molecule has 1 aromatic rings. The topological polar surface area (TPSA) is 12.9 Å². The van der Waals surface area contributed by atoms with Gasteiger partial charge in [-0.15, -0.1) is 0 Å². The first-order valence-electron chi connectivity index (χ1n) is 3.04. The number of hydrogen-bond donors (Lipinski definition) is 0. The van der Waals surface area contributed by atoms with Crippen molar-refractivity contribution in [3.05, 3.63) is 30.6 Å². The van der Waals surface area contributed by atoms with Crippen molar-refractivity contribution in [2.24, 2.45) is 0 Å². The second-order valence-electron chi connectivity index (χ2n) is 1.88. The average molecular weight is 373 g/mol. The Labute approximate surface area is 77.8 Å². The van der Waals surface area contributed by atoms with Gasteiger partial charge in [0.25, 0.3) is 0 Å². The van der Waals surface area contributed by atoms with Gasteiger partial charge in [0.05, 0.1) is 0 Å². The molecule has 11 heavy (non-hydrogen) atoms. The first-order chi connectivity index (χ1) is 5.21. The first-order valence-corrected chi connectivity index (χ1v) is 11.9. The van der Waals surface area contributed by atoms with Gasteiger partial charge < -0.3 is 0 Å². The van der Waals surface area contributed by atoms with Crippen molar-refractivity contribution in [2.45, 2.75) is 9.62 Å². The van der Waals surface area contributed by atoms with Crippen LogP contribution in [0.1, 0.15) is 0 Å². The van der Waals surface area contributed by atoms with E-state index >= 15 is 0 Å². The Morgan fingerprint density at radius 3 is 1.55 bits per heavy atom. The Kier molecular flexibility index (Phi) is 3.84. The van der Waals surface area contributed by atoms with Crippen molar-refractivity contribution < 1.29 is 14.0 Å². The van der Waals surface area contributed by atoms with E-state index in [9.17, 15) is 0 Å². The summed E-state index contributed by atoms with van der Waals surface area (Å²) in [6, 6.07) is 5.72. The van der Waals surface area contributed by atoms with E-state index in [4.69, 9.17) is 18.8 Å². The molecular formula is C7H9Cl2NPt. The quantitative estimate of drug-likeness (QED) is 0.680. The maximum atomic E-state index is 5.59. The summed E-state index contributed by atoms with van der Waals surface area (Å²) in [7, 11) is 11.2. The number of halogens is 2. The molecule has 0 unspecified atom stereocenters. The van der Waals surface area contributed by atoms with Crippen molar-refractivity contribution in [3.8, 4) is 0 Å². The van der Waals surface area contributed by atoms with Gasteiger partial charge in [0, 0.05) is 12.4 Å². The summed E-state index contributed by atoms with van der Waals surface area (Å²) < 4.78 is 0. The van der Waals surface area contributed by atoms with E-state index in [0.29, 0.717) is 0 Å². The molecule has 0 radical (unpaired) electrons. The molecular weight excluding hydrogens is 364 g/mol. The average Bonchev–Trinajstić information content (AvgIpc) is 2.71. The minimum absolute atomic E-state index is 1.16. The summed E-state index contributed by atoms with van der Waals surface area (Å²) in [5.41, 5.74) is 0. The van der Waals surface area contributed by atoms with Crippen LogP contribution in [0.5, 0.6) is 0 Å². The van der Waals surface area contributed by atoms with Crippen molar-refractivity contribution in [1.29, 1.82) is 0 Å². The molecule has 0 bridgehead atoms. The van der Waals surface area contributed by atoms with E-state index in [1.54, 1.807) is 12.4 Å². The second-order valence-corrected chi connectivity index (χ2v) is 16.5. The van der Waals surface area contributed by atoms with Crippen LogP contribution in [-0.2, 0) is 14.0 Å². The number of aromatic nitrogens is 1. The van der Waals surface area contributed by atoms with E-state index in [1.165, 1.54) is 0 Å². The number of rotatable bonds is 0. The fourth-order valence-corrected chi connectivity index (χ4v) is 7.91. The number of pyridine rings is 1. The minimum Gasteiger partial charge on any atom is -0.265 e. The van der Waals surface area contributed by atoms with Gasteiger partial charge in [0.1, 0.15) is 0 Å². The Morgan fingerprint density at radius 2 is 1.45 bits per heavy atom. The van der Waals surface area contributed by atoms with E-state index in [-0.39, 0.29) is 0 Å². The van der Waals surface area contributed by atoms with E-state index in [1.807, 2.05) is 18.2 Å². The fourth-order valence-electron chi connectivity index (χ4n) is 0.350. The van der Waals surface area contributed by atoms with Crippen molar-refractivity contribution in [2.75, 3.05) is 0 Å². The molecule has 2 rings (SSSR count). The molecule has 66 valence electrons. The largest absolute Gasteiger partial charge is 0.265 e. The number of nitrogens with zero attached hydrogens (tertiary/aromatic N) is 1. The number of hydrogen-bond acceptors (Lipinski definition) is 1. The molecule has 0 atom stereocenters. The molecule has 4 heteroatoms. The van der Waals surface area contributed by atoms with Crippen molar-refractivity contribution >= 4 is 18.8 Å². The molecule has 1 aromatic heterocycles. The predicted molar refractivity (Wildman–Crippen MR) is 45.6 cm³/mol. The van der Waals surface area contributed by atoms with Gasteiger partial charge in [0.2, 0.25) is 0 Å². The zero-order chi connectivity index (χ0) is 8.16. The van der Waals surface area contributed by atoms with Crippen LogP contribution < -0.4 is 0 Å². The third-order valence-corrected chi connectivity index (χ3v) is 7.73. The van der Waals surface area contributed by atoms with Gasteiger partial charge >= 0.3 is 42.4 Å². The third kappa shape index (κ3) is 5.66. The van der Waals surface area contributed by atoms with Gasteiger partial charge in [-0.2, -0.15) is 0 Å². The zero-order valence-corrected chi connectivity index (χ0v) is 9.60. The van der Waals surface area contributed by atoms with Crippen LogP contribution in [0.2, 0.25) is 9.62 Å². The predicted octanol–water partition coefficient (Wildman–Crippen LogP) is 3.38. The van der Waals surface area contributed by atoms with Crippen molar-refractivity contribution in [1.82, 2.24) is 4.98 Å². The van der Waals surface area contributed by atoms with Gasteiger partial charge in [-0.05, 0) is 12.1 Å². The van der Waals surface area contributed by atoms with Crippen LogP contribution in [0.25, 0.3) is 0 Å². The van der Waals surface area contributed by atoms with Gasteiger partial charge in [0.15, 0.2) is 0 Å². The van der Waals surface area contributed by atoms with Crippen LogP contribution in [0.4, 0.5) is 0 Å².